The molecular weight excluding hydrogens is 737 g/mol. The molecule has 0 aliphatic heterocycles. The van der Waals surface area contributed by atoms with Crippen molar-refractivity contribution in [3.8, 4) is 66.0 Å². The zero-order chi connectivity index (χ0) is 38.9. The Morgan fingerprint density at radius 3 is 1.32 bits per heavy atom. The minimum Gasteiger partial charge on any atom is -0.507 e. The Hall–Kier alpha value is -5.30. The summed E-state index contributed by atoms with van der Waals surface area (Å²) >= 11 is 3.24. The smallest absolute Gasteiger partial charge is 0.128 e. The predicted molar refractivity (Wildman–Crippen MR) is 242 cm³/mol. The Morgan fingerprint density at radius 2 is 0.877 bits per heavy atom. The maximum absolute atomic E-state index is 11.1. The number of hydrogen-bond acceptors (Lipinski definition) is 6. The van der Waals surface area contributed by atoms with Crippen LogP contribution in [0.3, 0.4) is 0 Å². The lowest BCUT2D eigenvalue weighted by Gasteiger charge is -2.33. The summed E-state index contributed by atoms with van der Waals surface area (Å²) in [5, 5.41) is 23.9. The van der Waals surface area contributed by atoms with Crippen LogP contribution in [0, 0.1) is 0 Å². The molecule has 2 heterocycles. The third kappa shape index (κ3) is 7.04. The molecule has 9 rings (SSSR count). The molecule has 57 heavy (non-hydrogen) atoms. The Balaban J connectivity index is 1.15. The summed E-state index contributed by atoms with van der Waals surface area (Å²) in [6, 6.07) is 42.5. The van der Waals surface area contributed by atoms with Gasteiger partial charge in [-0.25, -0.2) is 9.97 Å². The van der Waals surface area contributed by atoms with E-state index in [0.717, 1.165) is 76.7 Å². The van der Waals surface area contributed by atoms with Crippen molar-refractivity contribution < 1.29 is 10.2 Å². The summed E-state index contributed by atoms with van der Waals surface area (Å²) in [7, 11) is 0. The normalized spacial score (nSPS) is 13.0. The van der Waals surface area contributed by atoms with Crippen molar-refractivity contribution in [1.29, 1.82) is 0 Å². The van der Waals surface area contributed by atoms with E-state index in [-0.39, 0.29) is 16.9 Å². The molecule has 2 N–H and O–H groups in total. The van der Waals surface area contributed by atoms with Crippen molar-refractivity contribution in [2.75, 3.05) is 0 Å². The lowest BCUT2D eigenvalue weighted by molar-refractivity contribution is 0.401. The van der Waals surface area contributed by atoms with Crippen LogP contribution in [0.1, 0.15) is 89.2 Å². The average molecular weight is 785 g/mol. The van der Waals surface area contributed by atoms with Crippen molar-refractivity contribution in [2.24, 2.45) is 0 Å². The summed E-state index contributed by atoms with van der Waals surface area (Å²) < 4.78 is 2.23. The number of benzene rings is 6. The molecule has 0 atom stereocenters. The number of hydrogen-bond donors (Lipinski definition) is 2. The van der Waals surface area contributed by atoms with E-state index in [4.69, 9.17) is 9.97 Å². The van der Waals surface area contributed by atoms with Crippen LogP contribution < -0.4 is 0 Å². The Morgan fingerprint density at radius 1 is 0.456 bits per heavy atom. The number of thiazole rings is 2. The van der Waals surface area contributed by atoms with Crippen LogP contribution in [0.15, 0.2) is 121 Å². The molecule has 2 aromatic heterocycles. The molecular formula is C51H48N2O2S2. The zero-order valence-electron chi connectivity index (χ0n) is 32.7. The maximum Gasteiger partial charge on any atom is 0.128 e. The number of phenols is 2. The fourth-order valence-electron chi connectivity index (χ4n) is 8.97. The van der Waals surface area contributed by atoms with Gasteiger partial charge in [-0.05, 0) is 118 Å². The molecule has 0 radical (unpaired) electrons. The minimum atomic E-state index is -0.127. The number of unbranched alkanes of at least 4 members (excludes halogenated alkanes) is 6. The fraction of sp³-hybridized carbons (Fsp3) is 0.255. The van der Waals surface area contributed by atoms with Crippen LogP contribution in [-0.2, 0) is 5.41 Å². The van der Waals surface area contributed by atoms with Gasteiger partial charge in [-0.2, -0.15) is 0 Å². The van der Waals surface area contributed by atoms with Gasteiger partial charge in [0.05, 0.1) is 31.6 Å². The van der Waals surface area contributed by atoms with Gasteiger partial charge in [0.2, 0.25) is 0 Å². The molecule has 8 aromatic rings. The number of rotatable bonds is 14. The maximum atomic E-state index is 11.1. The molecule has 6 aromatic carbocycles. The topological polar surface area (TPSA) is 66.2 Å². The first-order valence-corrected chi connectivity index (χ1v) is 22.3. The first-order chi connectivity index (χ1) is 28.0. The van der Waals surface area contributed by atoms with E-state index < -0.39 is 0 Å². The zero-order valence-corrected chi connectivity index (χ0v) is 34.4. The lowest BCUT2D eigenvalue weighted by atomic mass is 9.70. The van der Waals surface area contributed by atoms with Gasteiger partial charge in [0, 0.05) is 5.41 Å². The number of nitrogens with zero attached hydrogens (tertiary/aromatic N) is 2. The Kier molecular flexibility index (Phi) is 10.4. The van der Waals surface area contributed by atoms with Gasteiger partial charge in [-0.1, -0.05) is 126 Å². The van der Waals surface area contributed by atoms with Crippen LogP contribution >= 0.6 is 22.7 Å². The number of para-hydroxylation sites is 2. The highest BCUT2D eigenvalue weighted by Gasteiger charge is 2.42. The van der Waals surface area contributed by atoms with Crippen LogP contribution in [0.25, 0.3) is 75.0 Å². The second kappa shape index (κ2) is 15.9. The summed E-state index contributed by atoms with van der Waals surface area (Å²) in [4.78, 5) is 9.79. The van der Waals surface area contributed by atoms with Gasteiger partial charge >= 0.3 is 0 Å². The molecule has 0 fully saturated rings. The molecule has 0 saturated carbocycles. The molecule has 0 unspecified atom stereocenters. The molecule has 1 aliphatic carbocycles. The van der Waals surface area contributed by atoms with Gasteiger partial charge in [0.25, 0.3) is 0 Å². The third-order valence-electron chi connectivity index (χ3n) is 12.0. The van der Waals surface area contributed by atoms with Crippen molar-refractivity contribution in [3.63, 3.8) is 0 Å². The molecule has 6 heteroatoms. The van der Waals surface area contributed by atoms with Gasteiger partial charge in [-0.3, -0.25) is 0 Å². The van der Waals surface area contributed by atoms with Gasteiger partial charge in [0.1, 0.15) is 21.5 Å². The standard InChI is InChI=1S/C51H48N2O2S2/c1-3-5-7-13-27-51(28-14-8-6-4-2)41-31-35(33-21-25-45(54)39(29-33)49-52-43-15-9-11-17-47(43)56-49)19-23-37(41)38-24-20-36(32-42(38)51)34-22-26-46(55)40(30-34)50-53-44-16-10-12-18-48(44)57-50/h9-12,15-26,29-32,54-55H,3-8,13-14,27-28H2,1-2H3. The predicted octanol–water partition coefficient (Wildman–Crippen LogP) is 15.2. The second-order valence-corrected chi connectivity index (χ2v) is 17.7. The lowest BCUT2D eigenvalue weighted by Crippen LogP contribution is -2.25. The Bertz CT molecular complexity index is 2470. The van der Waals surface area contributed by atoms with Crippen molar-refractivity contribution in [2.45, 2.75) is 83.5 Å². The summed E-state index contributed by atoms with van der Waals surface area (Å²) in [5.41, 5.74) is 13.3. The van der Waals surface area contributed by atoms with E-state index in [1.54, 1.807) is 22.7 Å². The first kappa shape index (κ1) is 37.3. The number of fused-ring (bicyclic) bond motifs is 5. The summed E-state index contributed by atoms with van der Waals surface area (Å²) in [5.74, 6) is 0.501. The van der Waals surface area contributed by atoms with Crippen LogP contribution in [-0.4, -0.2) is 20.2 Å². The van der Waals surface area contributed by atoms with Gasteiger partial charge in [0.15, 0.2) is 0 Å². The monoisotopic (exact) mass is 784 g/mol. The van der Waals surface area contributed by atoms with Crippen LogP contribution in [0.4, 0.5) is 0 Å². The SMILES string of the molecule is CCCCCCC1(CCCCCC)c2cc(-c3ccc(O)c(-c4nc5ccccc5s4)c3)ccc2-c2ccc(-c3ccc(O)c(-c4nc5ccccc5s4)c3)cc21. The van der Waals surface area contributed by atoms with E-state index in [1.165, 1.54) is 73.6 Å². The highest BCUT2D eigenvalue weighted by molar-refractivity contribution is 7.22. The van der Waals surface area contributed by atoms with E-state index in [2.05, 4.69) is 74.5 Å². The second-order valence-electron chi connectivity index (χ2n) is 15.7. The number of aromatic nitrogens is 2. The number of aromatic hydroxyl groups is 2. The first-order valence-electron chi connectivity index (χ1n) is 20.6. The molecule has 0 spiro atoms. The Labute approximate surface area is 343 Å². The van der Waals surface area contributed by atoms with E-state index in [1.807, 2.05) is 60.7 Å². The van der Waals surface area contributed by atoms with Crippen molar-refractivity contribution in [1.82, 2.24) is 9.97 Å². The largest absolute Gasteiger partial charge is 0.507 e. The highest BCUT2D eigenvalue weighted by Crippen LogP contribution is 2.56. The van der Waals surface area contributed by atoms with E-state index in [0.29, 0.717) is 0 Å². The molecule has 286 valence electrons. The van der Waals surface area contributed by atoms with Crippen molar-refractivity contribution >= 4 is 43.1 Å². The highest BCUT2D eigenvalue weighted by atomic mass is 32.1. The molecule has 0 bridgehead atoms. The molecule has 0 saturated heterocycles. The molecule has 1 aliphatic rings. The van der Waals surface area contributed by atoms with Crippen LogP contribution in [0.2, 0.25) is 0 Å². The quantitative estimate of drug-likeness (QED) is 0.108. The summed E-state index contributed by atoms with van der Waals surface area (Å²) in [6.45, 7) is 4.58. The third-order valence-corrected chi connectivity index (χ3v) is 14.1. The average Bonchev–Trinajstić information content (AvgIpc) is 3.94. The van der Waals surface area contributed by atoms with E-state index >= 15 is 0 Å². The van der Waals surface area contributed by atoms with E-state index in [9.17, 15) is 10.2 Å². The van der Waals surface area contributed by atoms with Crippen LogP contribution in [0.5, 0.6) is 11.5 Å². The molecule has 4 nitrogen and oxygen atoms in total. The molecule has 0 amide bonds. The van der Waals surface area contributed by atoms with Gasteiger partial charge < -0.3 is 10.2 Å². The minimum absolute atomic E-state index is 0.127. The fourth-order valence-corrected chi connectivity index (χ4v) is 11.0. The number of phenolic OH excluding ortho intramolecular Hbond substituents is 2. The van der Waals surface area contributed by atoms with Crippen molar-refractivity contribution in [3.05, 3.63) is 132 Å². The van der Waals surface area contributed by atoms with Gasteiger partial charge in [-0.15, -0.1) is 22.7 Å². The summed E-state index contributed by atoms with van der Waals surface area (Å²) in [6.07, 6.45) is 11.9.